The fourth-order valence-corrected chi connectivity index (χ4v) is 4.58. The summed E-state index contributed by atoms with van der Waals surface area (Å²) in [7, 11) is 0. The average molecular weight is 568 g/mol. The van der Waals surface area contributed by atoms with Gasteiger partial charge in [0.05, 0.1) is 6.61 Å². The molecule has 2 saturated heterocycles. The molecule has 14 heteroatoms. The number of carboxylic acid groups (broad SMARTS) is 1. The van der Waals surface area contributed by atoms with Gasteiger partial charge in [0, 0.05) is 13.0 Å². The normalized spacial score (nSPS) is 35.1. The van der Waals surface area contributed by atoms with Gasteiger partial charge in [-0.2, -0.15) is 0 Å². The average Bonchev–Trinajstić information content (AvgIpc) is 2.90. The standard InChI is InChI=1S/C25H45NO13/c1-2-3-4-5-6-7-8-9-10-16(28)26-11-14-18(31)20(33)21(34)24(37-14)39-25-22(35)23(36-13-17(29)30)19(32)15(12-27)38-25/h14-15,18-25,27,31-35H,2-13H2,1H3,(H,26,28)(H,29,30)/t14-,15-,18-,19+,20+,21+,22-,23+,24-,25+/m1/s1. The molecule has 2 fully saturated rings. The van der Waals surface area contributed by atoms with Crippen LogP contribution in [0.3, 0.4) is 0 Å². The van der Waals surface area contributed by atoms with E-state index in [1.54, 1.807) is 0 Å². The Morgan fingerprint density at radius 2 is 1.36 bits per heavy atom. The summed E-state index contributed by atoms with van der Waals surface area (Å²) in [5, 5.41) is 72.8. The van der Waals surface area contributed by atoms with E-state index in [9.17, 15) is 40.2 Å². The summed E-state index contributed by atoms with van der Waals surface area (Å²) in [5.41, 5.74) is 0. The number of carboxylic acids is 1. The van der Waals surface area contributed by atoms with Crippen LogP contribution in [0.2, 0.25) is 0 Å². The molecule has 0 unspecified atom stereocenters. The molecule has 228 valence electrons. The van der Waals surface area contributed by atoms with Crippen LogP contribution in [0.1, 0.15) is 64.7 Å². The van der Waals surface area contributed by atoms with E-state index in [1.165, 1.54) is 25.7 Å². The maximum absolute atomic E-state index is 12.3. The first-order valence-electron chi connectivity index (χ1n) is 13.7. The molecule has 0 aromatic rings. The Balaban J connectivity index is 1.88. The van der Waals surface area contributed by atoms with E-state index in [-0.39, 0.29) is 18.9 Å². The summed E-state index contributed by atoms with van der Waals surface area (Å²) in [6.45, 7) is 0.371. The molecule has 0 spiro atoms. The first kappa shape index (κ1) is 33.7. The molecule has 39 heavy (non-hydrogen) atoms. The lowest BCUT2D eigenvalue weighted by Gasteiger charge is -2.45. The quantitative estimate of drug-likeness (QED) is 0.0925. The third kappa shape index (κ3) is 10.5. The Bertz CT molecular complexity index is 728. The molecule has 0 aromatic carbocycles. The minimum Gasteiger partial charge on any atom is -0.480 e. The Kier molecular flexibility index (Phi) is 15.0. The summed E-state index contributed by atoms with van der Waals surface area (Å²) in [4.78, 5) is 23.1. The van der Waals surface area contributed by atoms with Crippen molar-refractivity contribution in [3.63, 3.8) is 0 Å². The third-order valence-corrected chi connectivity index (χ3v) is 6.92. The fraction of sp³-hybridized carbons (Fsp3) is 0.920. The molecule has 0 bridgehead atoms. The number of ether oxygens (including phenoxy) is 4. The third-order valence-electron chi connectivity index (χ3n) is 6.92. The number of aliphatic carboxylic acids is 1. The van der Waals surface area contributed by atoms with Gasteiger partial charge in [0.25, 0.3) is 0 Å². The zero-order valence-electron chi connectivity index (χ0n) is 22.3. The van der Waals surface area contributed by atoms with Crippen molar-refractivity contribution in [1.29, 1.82) is 0 Å². The van der Waals surface area contributed by atoms with E-state index in [4.69, 9.17) is 24.1 Å². The molecule has 2 aliphatic rings. The molecule has 0 aromatic heterocycles. The Labute approximate surface area is 227 Å². The van der Waals surface area contributed by atoms with E-state index in [1.807, 2.05) is 0 Å². The Morgan fingerprint density at radius 3 is 1.97 bits per heavy atom. The van der Waals surface area contributed by atoms with Gasteiger partial charge in [-0.15, -0.1) is 0 Å². The van der Waals surface area contributed by atoms with Crippen LogP contribution in [0.15, 0.2) is 0 Å². The predicted molar refractivity (Wildman–Crippen MR) is 133 cm³/mol. The van der Waals surface area contributed by atoms with E-state index in [0.29, 0.717) is 6.42 Å². The molecule has 0 aliphatic carbocycles. The van der Waals surface area contributed by atoms with Crippen LogP contribution in [0.25, 0.3) is 0 Å². The largest absolute Gasteiger partial charge is 0.480 e. The minimum absolute atomic E-state index is 0.197. The first-order chi connectivity index (χ1) is 18.6. The van der Waals surface area contributed by atoms with Gasteiger partial charge in [-0.3, -0.25) is 4.79 Å². The number of nitrogens with one attached hydrogen (secondary N) is 1. The van der Waals surface area contributed by atoms with Crippen molar-refractivity contribution in [2.45, 2.75) is 126 Å². The van der Waals surface area contributed by atoms with Crippen LogP contribution in [-0.2, 0) is 28.5 Å². The number of hydrogen-bond acceptors (Lipinski definition) is 12. The van der Waals surface area contributed by atoms with Crippen molar-refractivity contribution < 1.29 is 64.3 Å². The first-order valence-corrected chi connectivity index (χ1v) is 13.7. The number of aliphatic hydroxyl groups is 6. The van der Waals surface area contributed by atoms with Crippen LogP contribution in [0, 0.1) is 0 Å². The summed E-state index contributed by atoms with van der Waals surface area (Å²) >= 11 is 0. The van der Waals surface area contributed by atoms with Crippen LogP contribution < -0.4 is 5.32 Å². The van der Waals surface area contributed by atoms with Crippen molar-refractivity contribution in [1.82, 2.24) is 5.32 Å². The molecule has 8 N–H and O–H groups in total. The molecule has 0 saturated carbocycles. The molecule has 10 atom stereocenters. The van der Waals surface area contributed by atoms with Gasteiger partial charge in [0.2, 0.25) is 5.91 Å². The number of carbonyl (C=O) groups excluding carboxylic acids is 1. The highest BCUT2D eigenvalue weighted by Crippen LogP contribution is 2.29. The lowest BCUT2D eigenvalue weighted by atomic mass is 9.97. The predicted octanol–water partition coefficient (Wildman–Crippen LogP) is -1.63. The topological polar surface area (TPSA) is 225 Å². The van der Waals surface area contributed by atoms with Crippen molar-refractivity contribution in [3.05, 3.63) is 0 Å². The summed E-state index contributed by atoms with van der Waals surface area (Å²) in [6.07, 6.45) is -6.92. The van der Waals surface area contributed by atoms with Crippen molar-refractivity contribution in [3.8, 4) is 0 Å². The van der Waals surface area contributed by atoms with E-state index >= 15 is 0 Å². The zero-order chi connectivity index (χ0) is 28.9. The SMILES string of the molecule is CCCCCCCCCCC(=O)NC[C@H]1O[C@H](O[C@@H]2O[C@H](CO)[C@H](O)[C@H](OCC(=O)O)[C@H]2O)[C@@H](O)[C@@H](O)[C@@H]1O. The maximum Gasteiger partial charge on any atom is 0.329 e. The van der Waals surface area contributed by atoms with E-state index < -0.39 is 80.6 Å². The fourth-order valence-electron chi connectivity index (χ4n) is 4.58. The van der Waals surface area contributed by atoms with Crippen LogP contribution >= 0.6 is 0 Å². The van der Waals surface area contributed by atoms with Crippen molar-refractivity contribution >= 4 is 11.9 Å². The number of unbranched alkanes of at least 4 members (excludes halogenated alkanes) is 7. The smallest absolute Gasteiger partial charge is 0.329 e. The van der Waals surface area contributed by atoms with Crippen LogP contribution in [-0.4, -0.2) is 129 Å². The molecule has 2 heterocycles. The van der Waals surface area contributed by atoms with Gasteiger partial charge in [-0.25, -0.2) is 4.79 Å². The minimum atomic E-state index is -1.79. The summed E-state index contributed by atoms with van der Waals surface area (Å²) in [5.74, 6) is -1.63. The molecular weight excluding hydrogens is 522 g/mol. The zero-order valence-corrected chi connectivity index (χ0v) is 22.3. The second kappa shape index (κ2) is 17.4. The molecule has 14 nitrogen and oxygen atoms in total. The van der Waals surface area contributed by atoms with Gasteiger partial charge < -0.3 is 60.0 Å². The lowest BCUT2D eigenvalue weighted by Crippen LogP contribution is -2.64. The highest BCUT2D eigenvalue weighted by atomic mass is 16.8. The number of rotatable bonds is 17. The number of hydrogen-bond donors (Lipinski definition) is 8. The highest BCUT2D eigenvalue weighted by molar-refractivity contribution is 5.75. The lowest BCUT2D eigenvalue weighted by molar-refractivity contribution is -0.376. The number of carbonyl (C=O) groups is 2. The van der Waals surface area contributed by atoms with Crippen LogP contribution in [0.5, 0.6) is 0 Å². The van der Waals surface area contributed by atoms with E-state index in [2.05, 4.69) is 12.2 Å². The molecule has 2 aliphatic heterocycles. The number of amides is 1. The molecular formula is C25H45NO13. The monoisotopic (exact) mass is 567 g/mol. The summed E-state index contributed by atoms with van der Waals surface area (Å²) < 4.78 is 21.4. The molecule has 2 rings (SSSR count). The van der Waals surface area contributed by atoms with Crippen LogP contribution in [0.4, 0.5) is 0 Å². The van der Waals surface area contributed by atoms with Gasteiger partial charge in [0.1, 0.15) is 55.4 Å². The Morgan fingerprint density at radius 1 is 0.769 bits per heavy atom. The van der Waals surface area contributed by atoms with Gasteiger partial charge in [0.15, 0.2) is 12.6 Å². The second-order valence-electron chi connectivity index (χ2n) is 10.1. The maximum atomic E-state index is 12.3. The molecule has 0 radical (unpaired) electrons. The van der Waals surface area contributed by atoms with E-state index in [0.717, 1.165) is 19.3 Å². The van der Waals surface area contributed by atoms with Crippen molar-refractivity contribution in [2.24, 2.45) is 0 Å². The second-order valence-corrected chi connectivity index (χ2v) is 10.1. The van der Waals surface area contributed by atoms with Crippen molar-refractivity contribution in [2.75, 3.05) is 19.8 Å². The Hall–Kier alpha value is -1.46. The van der Waals surface area contributed by atoms with Gasteiger partial charge >= 0.3 is 5.97 Å². The molecule has 1 amide bonds. The highest BCUT2D eigenvalue weighted by Gasteiger charge is 2.50. The summed E-state index contributed by atoms with van der Waals surface area (Å²) in [6, 6.07) is 0. The van der Waals surface area contributed by atoms with Gasteiger partial charge in [-0.1, -0.05) is 51.9 Å². The number of aliphatic hydroxyl groups excluding tert-OH is 6. The van der Waals surface area contributed by atoms with Gasteiger partial charge in [-0.05, 0) is 6.42 Å².